The molecule has 0 aromatic rings. The van der Waals surface area contributed by atoms with Crippen molar-refractivity contribution in [3.05, 3.63) is 0 Å². The average molecular weight is 284 g/mol. The molecule has 2 nitrogen and oxygen atoms in total. The maximum Gasteiger partial charge on any atom is 0.441 e. The SMILES string of the molecule is CCC(C)C1CN(CCSC(F)(F)F)C(C)CN1. The smallest absolute Gasteiger partial charge is 0.311 e. The first-order valence-corrected chi connectivity index (χ1v) is 7.50. The zero-order valence-electron chi connectivity index (χ0n) is 11.3. The summed E-state index contributed by atoms with van der Waals surface area (Å²) in [6.07, 6.45) is 1.09. The van der Waals surface area contributed by atoms with Gasteiger partial charge in [-0.2, -0.15) is 13.2 Å². The highest BCUT2D eigenvalue weighted by Crippen LogP contribution is 2.30. The van der Waals surface area contributed by atoms with Gasteiger partial charge in [-0.1, -0.05) is 20.3 Å². The van der Waals surface area contributed by atoms with Crippen LogP contribution in [0.5, 0.6) is 0 Å². The van der Waals surface area contributed by atoms with E-state index in [0.29, 0.717) is 24.5 Å². The summed E-state index contributed by atoms with van der Waals surface area (Å²) >= 11 is 0.0826. The fraction of sp³-hybridized carbons (Fsp3) is 1.00. The van der Waals surface area contributed by atoms with Crippen molar-refractivity contribution >= 4 is 11.8 Å². The minimum atomic E-state index is -4.10. The van der Waals surface area contributed by atoms with Crippen LogP contribution in [0.4, 0.5) is 13.2 Å². The fourth-order valence-electron chi connectivity index (χ4n) is 2.20. The van der Waals surface area contributed by atoms with Crippen molar-refractivity contribution in [2.24, 2.45) is 5.92 Å². The third-order valence-electron chi connectivity index (χ3n) is 3.71. The Hall–Kier alpha value is 0.0600. The van der Waals surface area contributed by atoms with Gasteiger partial charge in [0.15, 0.2) is 0 Å². The summed E-state index contributed by atoms with van der Waals surface area (Å²) in [7, 11) is 0. The molecule has 0 amide bonds. The molecule has 0 spiro atoms. The largest absolute Gasteiger partial charge is 0.441 e. The lowest BCUT2D eigenvalue weighted by molar-refractivity contribution is -0.0329. The molecular weight excluding hydrogens is 261 g/mol. The number of rotatable bonds is 5. The molecule has 6 heteroatoms. The van der Waals surface area contributed by atoms with Crippen LogP contribution >= 0.6 is 11.8 Å². The van der Waals surface area contributed by atoms with Crippen molar-refractivity contribution in [3.8, 4) is 0 Å². The second-order valence-electron chi connectivity index (χ2n) is 5.04. The van der Waals surface area contributed by atoms with Gasteiger partial charge in [-0.15, -0.1) is 0 Å². The van der Waals surface area contributed by atoms with E-state index in [0.717, 1.165) is 19.5 Å². The summed E-state index contributed by atoms with van der Waals surface area (Å²) in [5, 5.41) is 3.49. The van der Waals surface area contributed by atoms with Gasteiger partial charge in [0.1, 0.15) is 0 Å². The first-order valence-electron chi connectivity index (χ1n) is 6.51. The highest BCUT2D eigenvalue weighted by atomic mass is 32.2. The third kappa shape index (κ3) is 5.36. The van der Waals surface area contributed by atoms with Crippen LogP contribution in [0, 0.1) is 5.92 Å². The molecule has 1 aliphatic rings. The molecule has 18 heavy (non-hydrogen) atoms. The number of thioether (sulfide) groups is 1. The van der Waals surface area contributed by atoms with Crippen LogP contribution in [0.2, 0.25) is 0 Å². The molecule has 1 rings (SSSR count). The maximum absolute atomic E-state index is 12.1. The van der Waals surface area contributed by atoms with Gasteiger partial charge in [-0.25, -0.2) is 0 Å². The normalized spacial score (nSPS) is 28.3. The van der Waals surface area contributed by atoms with Crippen LogP contribution in [0.3, 0.4) is 0 Å². The minimum Gasteiger partial charge on any atom is -0.311 e. The van der Waals surface area contributed by atoms with Gasteiger partial charge >= 0.3 is 5.51 Å². The summed E-state index contributed by atoms with van der Waals surface area (Å²) < 4.78 is 36.3. The summed E-state index contributed by atoms with van der Waals surface area (Å²) in [4.78, 5) is 2.17. The van der Waals surface area contributed by atoms with Gasteiger partial charge in [0.25, 0.3) is 0 Å². The molecule has 0 aromatic heterocycles. The number of hydrogen-bond donors (Lipinski definition) is 1. The molecule has 1 fully saturated rings. The molecule has 1 aliphatic heterocycles. The molecule has 3 atom stereocenters. The quantitative estimate of drug-likeness (QED) is 0.835. The van der Waals surface area contributed by atoms with E-state index in [1.54, 1.807) is 0 Å². The van der Waals surface area contributed by atoms with E-state index < -0.39 is 5.51 Å². The average Bonchev–Trinajstić information content (AvgIpc) is 2.29. The van der Waals surface area contributed by atoms with E-state index in [-0.39, 0.29) is 17.5 Å². The standard InChI is InChI=1S/C12H23F3N2S/c1-4-9(2)11-8-17(10(3)7-16-11)5-6-18-12(13,14)15/h9-11,16H,4-8H2,1-3H3. The van der Waals surface area contributed by atoms with Gasteiger partial charge in [-0.05, 0) is 24.6 Å². The number of alkyl halides is 3. The lowest BCUT2D eigenvalue weighted by Gasteiger charge is -2.41. The van der Waals surface area contributed by atoms with Gasteiger partial charge < -0.3 is 5.32 Å². The van der Waals surface area contributed by atoms with Crippen molar-refractivity contribution in [1.82, 2.24) is 10.2 Å². The van der Waals surface area contributed by atoms with E-state index in [1.165, 1.54) is 0 Å². The van der Waals surface area contributed by atoms with Crippen LogP contribution in [-0.4, -0.2) is 47.9 Å². The van der Waals surface area contributed by atoms with Crippen LogP contribution in [0.1, 0.15) is 27.2 Å². The number of halogens is 3. The second kappa shape index (κ2) is 7.01. The maximum atomic E-state index is 12.1. The zero-order chi connectivity index (χ0) is 13.8. The lowest BCUT2D eigenvalue weighted by Crippen LogP contribution is -2.57. The second-order valence-corrected chi connectivity index (χ2v) is 6.20. The Morgan fingerprint density at radius 1 is 1.44 bits per heavy atom. The predicted molar refractivity (Wildman–Crippen MR) is 70.8 cm³/mol. The number of nitrogens with one attached hydrogen (secondary N) is 1. The first kappa shape index (κ1) is 16.1. The molecule has 1 saturated heterocycles. The Bertz CT molecular complexity index is 248. The van der Waals surface area contributed by atoms with Crippen LogP contribution in [-0.2, 0) is 0 Å². The summed E-state index contributed by atoms with van der Waals surface area (Å²) in [5.41, 5.74) is -4.10. The van der Waals surface area contributed by atoms with Crippen LogP contribution in [0.15, 0.2) is 0 Å². The summed E-state index contributed by atoms with van der Waals surface area (Å²) in [6, 6.07) is 0.723. The van der Waals surface area contributed by atoms with E-state index in [1.807, 2.05) is 0 Å². The van der Waals surface area contributed by atoms with Crippen LogP contribution in [0.25, 0.3) is 0 Å². The number of nitrogens with zero attached hydrogens (tertiary/aromatic N) is 1. The molecule has 1 N–H and O–H groups in total. The first-order chi connectivity index (χ1) is 8.33. The van der Waals surface area contributed by atoms with Gasteiger partial charge in [0.05, 0.1) is 0 Å². The van der Waals surface area contributed by atoms with Gasteiger partial charge in [0, 0.05) is 37.5 Å². The van der Waals surface area contributed by atoms with Crippen molar-refractivity contribution in [2.75, 3.05) is 25.4 Å². The molecular formula is C12H23F3N2S. The number of hydrogen-bond acceptors (Lipinski definition) is 3. The molecule has 0 saturated carbocycles. The van der Waals surface area contributed by atoms with E-state index >= 15 is 0 Å². The molecule has 0 radical (unpaired) electrons. The van der Waals surface area contributed by atoms with E-state index in [9.17, 15) is 13.2 Å². The van der Waals surface area contributed by atoms with E-state index in [4.69, 9.17) is 0 Å². The lowest BCUT2D eigenvalue weighted by atomic mass is 9.96. The Balaban J connectivity index is 2.38. The minimum absolute atomic E-state index is 0.0826. The molecule has 0 bridgehead atoms. The van der Waals surface area contributed by atoms with E-state index in [2.05, 4.69) is 31.0 Å². The van der Waals surface area contributed by atoms with Gasteiger partial charge in [-0.3, -0.25) is 4.90 Å². The van der Waals surface area contributed by atoms with Crippen LogP contribution < -0.4 is 5.32 Å². The fourth-order valence-corrected chi connectivity index (χ4v) is 2.76. The summed E-state index contributed by atoms with van der Waals surface area (Å²) in [6.45, 7) is 8.64. The van der Waals surface area contributed by atoms with Gasteiger partial charge in [0.2, 0.25) is 0 Å². The third-order valence-corrected chi connectivity index (χ3v) is 4.42. The highest BCUT2D eigenvalue weighted by molar-refractivity contribution is 8.00. The Morgan fingerprint density at radius 2 is 2.11 bits per heavy atom. The van der Waals surface area contributed by atoms with Crippen molar-refractivity contribution < 1.29 is 13.2 Å². The molecule has 3 unspecified atom stereocenters. The van der Waals surface area contributed by atoms with Crippen molar-refractivity contribution in [1.29, 1.82) is 0 Å². The van der Waals surface area contributed by atoms with Crippen molar-refractivity contribution in [2.45, 2.75) is 44.8 Å². The molecule has 108 valence electrons. The Morgan fingerprint density at radius 3 is 2.67 bits per heavy atom. The zero-order valence-corrected chi connectivity index (χ0v) is 12.1. The molecule has 1 heterocycles. The topological polar surface area (TPSA) is 15.3 Å². The molecule has 0 aliphatic carbocycles. The highest BCUT2D eigenvalue weighted by Gasteiger charge is 2.30. The monoisotopic (exact) mass is 284 g/mol. The number of piperazine rings is 1. The summed E-state index contributed by atoms with van der Waals surface area (Å²) in [5.74, 6) is 0.691. The Labute approximate surface area is 112 Å². The molecule has 0 aromatic carbocycles. The predicted octanol–water partition coefficient (Wildman–Crippen LogP) is 2.95. The Kier molecular flexibility index (Phi) is 6.27. The van der Waals surface area contributed by atoms with Crippen molar-refractivity contribution in [3.63, 3.8) is 0 Å².